The Bertz CT molecular complexity index is 19.1. The maximum absolute atomic E-state index is 3.81. The predicted molar refractivity (Wildman–Crippen MR) is 35.9 cm³/mol. The molecular formula is H4NiS4. The standard InChI is InChI=1S/Ni.4H2S/h;4*1H2/q+4;;;;/p-4. The molecule has 5 heteroatoms. The molecular weight excluding hydrogens is 187 g/mol. The fourth-order valence-corrected chi connectivity index (χ4v) is 0. The summed E-state index contributed by atoms with van der Waals surface area (Å²) in [5.74, 6) is 0. The van der Waals surface area contributed by atoms with E-state index in [2.05, 4.69) is 44.6 Å². The molecule has 0 aliphatic rings. The molecule has 0 heterocycles. The van der Waals surface area contributed by atoms with Crippen molar-refractivity contribution in [2.75, 3.05) is 0 Å². The first-order valence-electron chi connectivity index (χ1n) is 0.566. The normalized spacial score (nSPS) is 15.2. The zero-order chi connectivity index (χ0) is 4.50. The Balaban J connectivity index is 3.02. The maximum atomic E-state index is 3.81. The van der Waals surface area contributed by atoms with E-state index >= 15 is 0 Å². The Morgan fingerprint density at radius 3 is 0.800 bits per heavy atom. The van der Waals surface area contributed by atoms with E-state index in [0.29, 0.717) is 0 Å². The summed E-state index contributed by atoms with van der Waals surface area (Å²) in [5.41, 5.74) is 0. The third-order valence-corrected chi connectivity index (χ3v) is 0. The zero-order valence-electron chi connectivity index (χ0n) is 2.11. The third kappa shape index (κ3) is 24.9. The van der Waals surface area contributed by atoms with Crippen molar-refractivity contribution in [2.45, 2.75) is 0 Å². The zero-order valence-corrected chi connectivity index (χ0v) is 6.67. The van der Waals surface area contributed by atoms with E-state index in [-0.39, 0.29) is 0 Å². The van der Waals surface area contributed by atoms with E-state index < -0.39 is 8.00 Å². The molecule has 0 spiro atoms. The van der Waals surface area contributed by atoms with Gasteiger partial charge in [-0.3, -0.25) is 0 Å². The first-order chi connectivity index (χ1) is 2.00. The van der Waals surface area contributed by atoms with Crippen molar-refractivity contribution in [1.82, 2.24) is 0 Å². The van der Waals surface area contributed by atoms with Gasteiger partial charge in [-0.2, -0.15) is 0 Å². The van der Waals surface area contributed by atoms with Gasteiger partial charge < -0.3 is 0 Å². The van der Waals surface area contributed by atoms with Crippen molar-refractivity contribution in [3.8, 4) is 0 Å². The van der Waals surface area contributed by atoms with Gasteiger partial charge >= 0.3 is 52.6 Å². The van der Waals surface area contributed by atoms with Crippen LogP contribution in [-0.4, -0.2) is 0 Å². The van der Waals surface area contributed by atoms with Crippen LogP contribution in [0.4, 0.5) is 0 Å². The fourth-order valence-electron chi connectivity index (χ4n) is 0. The first-order valence-corrected chi connectivity index (χ1v) is 7.00. The summed E-state index contributed by atoms with van der Waals surface area (Å²) in [4.78, 5) is 0. The average molecular weight is 191 g/mol. The Kier molecular flexibility index (Phi) is 3.12. The van der Waals surface area contributed by atoms with Gasteiger partial charge in [-0.15, -0.1) is 0 Å². The van der Waals surface area contributed by atoms with Crippen LogP contribution in [0.25, 0.3) is 0 Å². The molecule has 0 saturated carbocycles. The minimum absolute atomic E-state index is 1.47. The summed E-state index contributed by atoms with van der Waals surface area (Å²) in [6, 6.07) is 0. The van der Waals surface area contributed by atoms with Crippen LogP contribution in [0.1, 0.15) is 0 Å². The Morgan fingerprint density at radius 2 is 0.800 bits per heavy atom. The van der Waals surface area contributed by atoms with E-state index in [1.54, 1.807) is 0 Å². The molecule has 0 nitrogen and oxygen atoms in total. The molecule has 0 aliphatic heterocycles. The van der Waals surface area contributed by atoms with Crippen LogP contribution in [0.15, 0.2) is 0 Å². The molecule has 0 aliphatic carbocycles. The summed E-state index contributed by atoms with van der Waals surface area (Å²) < 4.78 is 0. The van der Waals surface area contributed by atoms with Crippen molar-refractivity contribution in [1.29, 1.82) is 0 Å². The Labute approximate surface area is 52.3 Å². The van der Waals surface area contributed by atoms with Crippen LogP contribution in [0.2, 0.25) is 0 Å². The predicted octanol–water partition coefficient (Wildman–Crippen LogP) is 1.52. The summed E-state index contributed by atoms with van der Waals surface area (Å²) in [6.45, 7) is 0. The fraction of sp³-hybridized carbons (Fsp3) is 0. The van der Waals surface area contributed by atoms with Crippen LogP contribution >= 0.6 is 44.6 Å². The Hall–Kier alpha value is 1.89. The minimum atomic E-state index is -1.47. The molecule has 0 fully saturated rings. The van der Waals surface area contributed by atoms with Crippen molar-refractivity contribution in [3.63, 3.8) is 0 Å². The van der Waals surface area contributed by atoms with Gasteiger partial charge in [0, 0.05) is 0 Å². The number of hydrogen-bond donors (Lipinski definition) is 4. The number of rotatable bonds is 0. The van der Waals surface area contributed by atoms with Gasteiger partial charge in [-0.25, -0.2) is 0 Å². The third-order valence-electron chi connectivity index (χ3n) is 0. The topological polar surface area (TPSA) is 0 Å². The van der Waals surface area contributed by atoms with Crippen molar-refractivity contribution >= 4 is 44.6 Å². The van der Waals surface area contributed by atoms with Crippen LogP contribution in [0, 0.1) is 0 Å². The molecule has 0 rings (SSSR count). The van der Waals surface area contributed by atoms with Crippen LogP contribution in [0.3, 0.4) is 0 Å². The van der Waals surface area contributed by atoms with E-state index in [0.717, 1.165) is 0 Å². The molecule has 0 N–H and O–H groups in total. The van der Waals surface area contributed by atoms with Crippen molar-refractivity contribution in [3.05, 3.63) is 0 Å². The van der Waals surface area contributed by atoms with E-state index in [1.807, 2.05) is 0 Å². The van der Waals surface area contributed by atoms with Gasteiger partial charge in [0.25, 0.3) is 0 Å². The summed E-state index contributed by atoms with van der Waals surface area (Å²) in [6.07, 6.45) is 0. The molecule has 0 saturated heterocycles. The van der Waals surface area contributed by atoms with Crippen LogP contribution < -0.4 is 0 Å². The second kappa shape index (κ2) is 2.27. The molecule has 0 atom stereocenters. The van der Waals surface area contributed by atoms with Crippen molar-refractivity contribution in [2.24, 2.45) is 0 Å². The van der Waals surface area contributed by atoms with Gasteiger partial charge in [0.05, 0.1) is 0 Å². The molecule has 0 bridgehead atoms. The summed E-state index contributed by atoms with van der Waals surface area (Å²) in [5, 5.41) is 0. The monoisotopic (exact) mass is 190 g/mol. The molecule has 38 valence electrons. The second-order valence-corrected chi connectivity index (χ2v) is 14.1. The first kappa shape index (κ1) is 6.89. The van der Waals surface area contributed by atoms with Gasteiger partial charge in [-0.1, -0.05) is 0 Å². The average Bonchev–Trinajstić information content (AvgIpc) is 0.722. The van der Waals surface area contributed by atoms with Crippen LogP contribution in [0.5, 0.6) is 0 Å². The van der Waals surface area contributed by atoms with Gasteiger partial charge in [0.15, 0.2) is 0 Å². The SMILES string of the molecule is [SH][Ni]([SH])([SH])[SH]. The number of thiol groups is 4. The quantitative estimate of drug-likeness (QED) is 0.324. The molecule has 0 radical (unpaired) electrons. The molecule has 5 heavy (non-hydrogen) atoms. The molecule has 0 aromatic carbocycles. The summed E-state index contributed by atoms with van der Waals surface area (Å²) >= 11 is 15.2. The van der Waals surface area contributed by atoms with Gasteiger partial charge in [0.1, 0.15) is 0 Å². The van der Waals surface area contributed by atoms with E-state index in [9.17, 15) is 0 Å². The molecule has 0 aromatic rings. The van der Waals surface area contributed by atoms with Crippen molar-refractivity contribution < 1.29 is 8.00 Å². The van der Waals surface area contributed by atoms with E-state index in [1.165, 1.54) is 0 Å². The second-order valence-electron chi connectivity index (χ2n) is 0.379. The summed E-state index contributed by atoms with van der Waals surface area (Å²) in [7, 11) is -1.47. The van der Waals surface area contributed by atoms with Gasteiger partial charge in [-0.05, 0) is 0 Å². The molecule has 0 unspecified atom stereocenters. The molecule has 0 aromatic heterocycles. The van der Waals surface area contributed by atoms with Gasteiger partial charge in [0.2, 0.25) is 0 Å². The molecule has 0 amide bonds. The van der Waals surface area contributed by atoms with Crippen LogP contribution in [-0.2, 0) is 8.00 Å². The number of hydrogen-bond acceptors (Lipinski definition) is 4. The Morgan fingerprint density at radius 1 is 0.800 bits per heavy atom. The van der Waals surface area contributed by atoms with E-state index in [4.69, 9.17) is 0 Å².